The topological polar surface area (TPSA) is 42.2 Å². The Morgan fingerprint density at radius 1 is 1.09 bits per heavy atom. The van der Waals surface area contributed by atoms with Gasteiger partial charge in [-0.15, -0.1) is 0 Å². The summed E-state index contributed by atoms with van der Waals surface area (Å²) in [6.45, 7) is 2.59. The normalized spacial score (nSPS) is 10.1. The molecule has 0 radical (unpaired) electrons. The maximum Gasteiger partial charge on any atom is 0.157 e. The summed E-state index contributed by atoms with van der Waals surface area (Å²) in [6, 6.07) is 20.1. The van der Waals surface area contributed by atoms with E-state index in [-0.39, 0.29) is 0 Å². The number of nitrogens with one attached hydrogen (secondary N) is 1. The predicted molar refractivity (Wildman–Crippen MR) is 96.8 cm³/mol. The Morgan fingerprint density at radius 2 is 1.74 bits per heavy atom. The average molecular weight is 320 g/mol. The lowest BCUT2D eigenvalue weighted by molar-refractivity contribution is 0.859. The molecule has 0 unspecified atom stereocenters. The molecule has 0 aliphatic carbocycles. The van der Waals surface area contributed by atoms with E-state index in [9.17, 15) is 0 Å². The third-order valence-corrected chi connectivity index (χ3v) is 3.58. The number of hydrogen-bond acceptors (Lipinski definition) is 4. The van der Waals surface area contributed by atoms with Crippen molar-refractivity contribution in [3.8, 4) is 5.69 Å². The summed E-state index contributed by atoms with van der Waals surface area (Å²) >= 11 is 4.78. The summed E-state index contributed by atoms with van der Waals surface area (Å²) < 4.78 is 1.85. The van der Waals surface area contributed by atoms with Crippen LogP contribution in [-0.2, 0) is 6.54 Å². The van der Waals surface area contributed by atoms with E-state index in [1.807, 2.05) is 60.1 Å². The fraction of sp³-hybridized carbons (Fsp3) is 0.111. The minimum absolute atomic E-state index is 0.679. The van der Waals surface area contributed by atoms with Gasteiger partial charge in [0.25, 0.3) is 0 Å². The number of aryl methyl sites for hydroxylation is 1. The predicted octanol–water partition coefficient (Wildman–Crippen LogP) is 4.53. The van der Waals surface area contributed by atoms with Crippen LogP contribution in [0.1, 0.15) is 11.3 Å². The van der Waals surface area contributed by atoms with Gasteiger partial charge in [-0.2, -0.15) is 10.1 Å². The highest BCUT2D eigenvalue weighted by Crippen LogP contribution is 2.31. The first kappa shape index (κ1) is 15.2. The monoisotopic (exact) mass is 320 g/mol. The summed E-state index contributed by atoms with van der Waals surface area (Å²) in [5, 5.41) is 10.5. The summed E-state index contributed by atoms with van der Waals surface area (Å²) in [6.07, 6.45) is 0. The van der Waals surface area contributed by atoms with Crippen LogP contribution in [0, 0.1) is 6.92 Å². The molecular weight excluding hydrogens is 304 g/mol. The third kappa shape index (κ3) is 3.37. The van der Waals surface area contributed by atoms with E-state index in [1.165, 1.54) is 5.56 Å². The number of aliphatic imine (C=N–C) groups is 1. The fourth-order valence-electron chi connectivity index (χ4n) is 2.39. The maximum absolute atomic E-state index is 4.78. The van der Waals surface area contributed by atoms with Crippen LogP contribution in [0.2, 0.25) is 0 Å². The van der Waals surface area contributed by atoms with E-state index in [2.05, 4.69) is 32.7 Å². The first-order chi connectivity index (χ1) is 11.3. The van der Waals surface area contributed by atoms with E-state index in [0.717, 1.165) is 22.9 Å². The smallest absolute Gasteiger partial charge is 0.157 e. The van der Waals surface area contributed by atoms with Crippen molar-refractivity contribution < 1.29 is 0 Å². The largest absolute Gasteiger partial charge is 0.364 e. The molecule has 23 heavy (non-hydrogen) atoms. The Bertz CT molecular complexity index is 834. The minimum Gasteiger partial charge on any atom is -0.364 e. The highest BCUT2D eigenvalue weighted by molar-refractivity contribution is 7.78. The van der Waals surface area contributed by atoms with Crippen molar-refractivity contribution in [1.82, 2.24) is 9.78 Å². The number of benzene rings is 2. The van der Waals surface area contributed by atoms with Crippen LogP contribution >= 0.6 is 12.2 Å². The molecule has 2 aromatic carbocycles. The molecule has 0 spiro atoms. The van der Waals surface area contributed by atoms with Crippen LogP contribution in [0.25, 0.3) is 5.69 Å². The lowest BCUT2D eigenvalue weighted by Crippen LogP contribution is -2.06. The number of para-hydroxylation sites is 1. The van der Waals surface area contributed by atoms with Crippen LogP contribution in [-0.4, -0.2) is 14.9 Å². The van der Waals surface area contributed by atoms with E-state index in [0.29, 0.717) is 6.54 Å². The van der Waals surface area contributed by atoms with Crippen LogP contribution < -0.4 is 5.32 Å². The second kappa shape index (κ2) is 7.01. The zero-order valence-corrected chi connectivity index (χ0v) is 13.5. The van der Waals surface area contributed by atoms with Gasteiger partial charge in [0, 0.05) is 6.54 Å². The van der Waals surface area contributed by atoms with Crippen molar-refractivity contribution in [3.63, 3.8) is 0 Å². The number of isothiocyanates is 1. The molecule has 0 aliphatic rings. The Balaban J connectivity index is 2.00. The first-order valence-corrected chi connectivity index (χ1v) is 7.71. The van der Waals surface area contributed by atoms with E-state index in [4.69, 9.17) is 12.2 Å². The van der Waals surface area contributed by atoms with Gasteiger partial charge in [-0.1, -0.05) is 48.5 Å². The van der Waals surface area contributed by atoms with Gasteiger partial charge < -0.3 is 5.32 Å². The SMILES string of the molecule is Cc1nn(-c2ccccc2)c(NCc2ccccc2)c1N=C=S. The van der Waals surface area contributed by atoms with Crippen LogP contribution in [0.15, 0.2) is 65.7 Å². The Hall–Kier alpha value is -2.75. The molecule has 1 aromatic heterocycles. The maximum atomic E-state index is 4.78. The van der Waals surface area contributed by atoms with Gasteiger partial charge in [-0.3, -0.25) is 0 Å². The zero-order valence-electron chi connectivity index (χ0n) is 12.7. The van der Waals surface area contributed by atoms with E-state index < -0.39 is 0 Å². The van der Waals surface area contributed by atoms with Crippen molar-refractivity contribution in [2.75, 3.05) is 5.32 Å². The van der Waals surface area contributed by atoms with Crippen LogP contribution in [0.4, 0.5) is 11.5 Å². The van der Waals surface area contributed by atoms with Crippen molar-refractivity contribution in [3.05, 3.63) is 71.9 Å². The summed E-state index contributed by atoms with van der Waals surface area (Å²) in [5.74, 6) is 0.815. The number of anilines is 1. The highest BCUT2D eigenvalue weighted by atomic mass is 32.1. The minimum atomic E-state index is 0.679. The molecule has 5 heteroatoms. The lowest BCUT2D eigenvalue weighted by Gasteiger charge is -2.10. The van der Waals surface area contributed by atoms with Crippen molar-refractivity contribution >= 4 is 28.9 Å². The fourth-order valence-corrected chi connectivity index (χ4v) is 2.49. The van der Waals surface area contributed by atoms with Crippen molar-refractivity contribution in [2.45, 2.75) is 13.5 Å². The molecule has 0 bridgehead atoms. The van der Waals surface area contributed by atoms with Gasteiger partial charge in [0.2, 0.25) is 0 Å². The third-order valence-electron chi connectivity index (χ3n) is 3.49. The van der Waals surface area contributed by atoms with Crippen molar-refractivity contribution in [2.24, 2.45) is 4.99 Å². The average Bonchev–Trinajstić information content (AvgIpc) is 2.91. The van der Waals surface area contributed by atoms with Gasteiger partial charge in [-0.05, 0) is 36.8 Å². The van der Waals surface area contributed by atoms with Gasteiger partial charge in [0.1, 0.15) is 5.69 Å². The second-order valence-electron chi connectivity index (χ2n) is 5.07. The molecule has 0 fully saturated rings. The lowest BCUT2D eigenvalue weighted by atomic mass is 10.2. The van der Waals surface area contributed by atoms with Gasteiger partial charge in [0.15, 0.2) is 5.82 Å². The van der Waals surface area contributed by atoms with Gasteiger partial charge >= 0.3 is 0 Å². The Morgan fingerprint density at radius 3 is 2.39 bits per heavy atom. The zero-order chi connectivity index (χ0) is 16.1. The molecule has 1 heterocycles. The van der Waals surface area contributed by atoms with Gasteiger partial charge in [-0.25, -0.2) is 4.68 Å². The molecule has 114 valence electrons. The molecule has 0 atom stereocenters. The first-order valence-electron chi connectivity index (χ1n) is 7.30. The summed E-state index contributed by atoms with van der Waals surface area (Å²) in [5.41, 5.74) is 3.68. The van der Waals surface area contributed by atoms with E-state index >= 15 is 0 Å². The molecule has 1 N–H and O–H groups in total. The molecule has 0 saturated carbocycles. The molecule has 0 amide bonds. The Labute approximate surface area is 140 Å². The van der Waals surface area contributed by atoms with E-state index in [1.54, 1.807) is 0 Å². The number of hydrogen-bond donors (Lipinski definition) is 1. The van der Waals surface area contributed by atoms with Crippen molar-refractivity contribution in [1.29, 1.82) is 0 Å². The summed E-state index contributed by atoms with van der Waals surface area (Å²) in [7, 11) is 0. The standard InChI is InChI=1S/C18H16N4S/c1-14-17(20-13-23)18(19-12-15-8-4-2-5-9-15)22(21-14)16-10-6-3-7-11-16/h2-11,19H,12H2,1H3. The second-order valence-corrected chi connectivity index (χ2v) is 5.25. The number of aromatic nitrogens is 2. The van der Waals surface area contributed by atoms with Crippen LogP contribution in [0.5, 0.6) is 0 Å². The molecule has 4 nitrogen and oxygen atoms in total. The molecule has 0 saturated heterocycles. The molecular formula is C18H16N4S. The molecule has 0 aliphatic heterocycles. The number of rotatable bonds is 5. The van der Waals surface area contributed by atoms with Gasteiger partial charge in [0.05, 0.1) is 16.5 Å². The van der Waals surface area contributed by atoms with Crippen LogP contribution in [0.3, 0.4) is 0 Å². The highest BCUT2D eigenvalue weighted by Gasteiger charge is 2.15. The number of thiocarbonyl (C=S) groups is 1. The summed E-state index contributed by atoms with van der Waals surface area (Å²) in [4.78, 5) is 4.18. The quantitative estimate of drug-likeness (QED) is 0.555. The molecule has 3 rings (SSSR count). The molecule has 3 aromatic rings. The Kier molecular flexibility index (Phi) is 4.62. The number of nitrogens with zero attached hydrogens (tertiary/aromatic N) is 3.